The van der Waals surface area contributed by atoms with Crippen LogP contribution in [0.3, 0.4) is 0 Å². The molecule has 12 bridgehead atoms. The molecule has 0 saturated heterocycles. The van der Waals surface area contributed by atoms with Gasteiger partial charge in [0, 0.05) is 56.6 Å². The first-order chi connectivity index (χ1) is 63.1. The maximum absolute atomic E-state index is 5.35. The van der Waals surface area contributed by atoms with E-state index in [-0.39, 0.29) is 6.04 Å². The van der Waals surface area contributed by atoms with Crippen LogP contribution in [0.1, 0.15) is 264 Å². The van der Waals surface area contributed by atoms with Gasteiger partial charge in [0.25, 0.3) is 0 Å². The number of rotatable bonds is 3. The van der Waals surface area contributed by atoms with Crippen LogP contribution in [0.5, 0.6) is 0 Å². The molecular formula is C121H129N6+. The number of nitrogens with zero attached hydrogens (tertiary/aromatic N) is 6. The first-order valence-electron chi connectivity index (χ1n) is 49.6. The molecule has 0 N–H and O–H groups in total. The van der Waals surface area contributed by atoms with E-state index in [0.717, 1.165) is 88.3 Å². The van der Waals surface area contributed by atoms with E-state index in [1.54, 1.807) is 0 Å². The van der Waals surface area contributed by atoms with Crippen molar-refractivity contribution in [2.75, 3.05) is 0 Å². The Kier molecular flexibility index (Phi) is 28.0. The van der Waals surface area contributed by atoms with Crippen LogP contribution in [-0.2, 0) is 77.0 Å². The summed E-state index contributed by atoms with van der Waals surface area (Å²) < 4.78 is 7.49. The number of hydrogen-bond acceptors (Lipinski definition) is 3. The fourth-order valence-electron chi connectivity index (χ4n) is 22.3. The van der Waals surface area contributed by atoms with Gasteiger partial charge < -0.3 is 0 Å². The lowest BCUT2D eigenvalue weighted by molar-refractivity contribution is -0.683. The quantitative estimate of drug-likeness (QED) is 0.131. The van der Waals surface area contributed by atoms with Gasteiger partial charge in [0.15, 0.2) is 6.20 Å². The largest absolute Gasteiger partial charge is 0.292 e. The van der Waals surface area contributed by atoms with Gasteiger partial charge in [0.1, 0.15) is 17.0 Å². The predicted molar refractivity (Wildman–Crippen MR) is 536 cm³/mol. The van der Waals surface area contributed by atoms with Crippen LogP contribution in [0.15, 0.2) is 297 Å². The number of aryl methyl sites for hydroxylation is 12. The van der Waals surface area contributed by atoms with Crippen LogP contribution >= 0.6 is 0 Å². The van der Waals surface area contributed by atoms with E-state index in [2.05, 4.69) is 305 Å². The smallest absolute Gasteiger partial charge is 0.228 e. The van der Waals surface area contributed by atoms with Gasteiger partial charge in [-0.05, 0) is 261 Å². The highest BCUT2D eigenvalue weighted by molar-refractivity contribution is 6.16. The summed E-state index contributed by atoms with van der Waals surface area (Å²) in [6, 6.07) is 102. The van der Waals surface area contributed by atoms with Crippen LogP contribution in [0.4, 0.5) is 0 Å². The number of para-hydroxylation sites is 2. The lowest BCUT2D eigenvalue weighted by Gasteiger charge is -2.25. The molecule has 5 aromatic heterocycles. The van der Waals surface area contributed by atoms with Gasteiger partial charge in [-0.25, -0.2) is 9.97 Å². The first kappa shape index (κ1) is 84.9. The van der Waals surface area contributed by atoms with E-state index in [1.165, 1.54) is 346 Å². The second kappa shape index (κ2) is 41.9. The number of benzene rings is 11. The van der Waals surface area contributed by atoms with Crippen LogP contribution in [0, 0.1) is 0 Å². The zero-order valence-electron chi connectivity index (χ0n) is 75.3. The highest BCUT2D eigenvalue weighted by Gasteiger charge is 2.43. The zero-order chi connectivity index (χ0) is 85.1. The van der Waals surface area contributed by atoms with E-state index >= 15 is 0 Å². The van der Waals surface area contributed by atoms with Crippen LogP contribution in [0.2, 0.25) is 0 Å². The third-order valence-electron chi connectivity index (χ3n) is 28.7. The van der Waals surface area contributed by atoms with E-state index in [1.807, 2.05) is 0 Å². The molecule has 2 aliphatic heterocycles. The van der Waals surface area contributed by atoms with Gasteiger partial charge in [-0.15, -0.1) is 0 Å². The van der Waals surface area contributed by atoms with Crippen LogP contribution in [-0.4, -0.2) is 24.5 Å². The summed E-state index contributed by atoms with van der Waals surface area (Å²) in [5, 5.41) is 7.53. The summed E-state index contributed by atoms with van der Waals surface area (Å²) in [4.78, 5) is 15.9. The minimum atomic E-state index is 0.0582. The van der Waals surface area contributed by atoms with E-state index in [4.69, 9.17) is 15.0 Å². The normalized spacial score (nSPS) is 17.0. The van der Waals surface area contributed by atoms with Crippen molar-refractivity contribution in [1.29, 1.82) is 0 Å². The van der Waals surface area contributed by atoms with Crippen molar-refractivity contribution >= 4 is 65.9 Å². The van der Waals surface area contributed by atoms with Crippen molar-refractivity contribution in [3.8, 4) is 33.8 Å². The molecule has 6 heteroatoms. The summed E-state index contributed by atoms with van der Waals surface area (Å²) in [6.07, 6.45) is 57.1. The van der Waals surface area contributed by atoms with Crippen molar-refractivity contribution in [2.45, 2.75) is 263 Å². The first-order valence-corrected chi connectivity index (χ1v) is 49.6. The van der Waals surface area contributed by atoms with Crippen LogP contribution in [0.25, 0.3) is 94.0 Å². The Morgan fingerprint density at radius 3 is 0.906 bits per heavy atom. The summed E-state index contributed by atoms with van der Waals surface area (Å²) >= 11 is 0. The van der Waals surface area contributed by atoms with E-state index < -0.39 is 0 Å². The van der Waals surface area contributed by atoms with E-state index in [0.29, 0.717) is 0 Å². The number of aromatic nitrogens is 5. The second-order valence-electron chi connectivity index (χ2n) is 37.5. The molecule has 0 saturated carbocycles. The molecule has 19 rings (SSSR count). The minimum Gasteiger partial charge on any atom is -0.292 e. The van der Waals surface area contributed by atoms with Crippen molar-refractivity contribution in [1.82, 2.24) is 18.8 Å². The molecule has 1 unspecified atom stereocenters. The Hall–Kier alpha value is -11.6. The van der Waals surface area contributed by atoms with Gasteiger partial charge in [-0.1, -0.05) is 333 Å². The average Bonchev–Trinajstić information content (AvgIpc) is 1.64. The van der Waals surface area contributed by atoms with Gasteiger partial charge in [0.05, 0.1) is 46.0 Å². The van der Waals surface area contributed by atoms with Crippen molar-refractivity contribution in [2.24, 2.45) is 4.99 Å². The maximum Gasteiger partial charge on any atom is 0.228 e. The molecule has 0 amide bonds. The maximum atomic E-state index is 5.35. The topological polar surface area (TPSA) is 50.8 Å². The minimum absolute atomic E-state index is 0.0582. The van der Waals surface area contributed by atoms with Crippen LogP contribution < -0.4 is 4.57 Å². The van der Waals surface area contributed by atoms with Crippen molar-refractivity contribution in [3.63, 3.8) is 0 Å². The number of pyridine rings is 3. The lowest BCUT2D eigenvalue weighted by atomic mass is 9.82. The summed E-state index contributed by atoms with van der Waals surface area (Å²) in [5.74, 6) is 0. The fraction of sp³-hybridized carbons (Fsp3) is 0.339. The Morgan fingerprint density at radius 2 is 0.535 bits per heavy atom. The van der Waals surface area contributed by atoms with Gasteiger partial charge >= 0.3 is 0 Å². The number of hydrogen-bond donors (Lipinski definition) is 0. The Balaban J connectivity index is 0.525. The predicted octanol–water partition coefficient (Wildman–Crippen LogP) is 31.2. The molecule has 127 heavy (non-hydrogen) atoms. The Morgan fingerprint density at radius 1 is 0.244 bits per heavy atom. The number of aliphatic imine (C=N–C) groups is 1. The molecule has 6 nitrogen and oxygen atoms in total. The molecule has 1 aliphatic carbocycles. The molecule has 7 heterocycles. The third kappa shape index (κ3) is 19.6. The standard InChI is InChI=1S/C121H129N6/c1-5-17-47-89-53-41-54-90(83-89)48-18-6-2-10-24-61-97-67-45-68-98(116(97)113-87-123-120-107-77-33-29-71-101(107)103-73-35-37-80-111(103)126(113)120)62-25-11-3-7-19-49-91-55-42-56-92(84-91)50-20-8-4-12-26-63-99-69-46-70-100(117(99)114-88-124-121-108-78-34-30-72-102(108)104-74-36-38-81-112(104)127(114)121)64-28-16-14-22-52-94-58-43-57-93(85-94)51-21-13-15-27-60-96-66-44-65-95(59-23-9-1)115(96)109-86-122-118-106-76-32-31-75-105(106)110-79-39-40-82-125(110)119(109)118/h29-46,53-58,65-88,119H,1-28,47-52,59-64H2/q+1. The Labute approximate surface area is 755 Å². The third-order valence-corrected chi connectivity index (χ3v) is 28.7. The molecule has 0 fully saturated rings. The molecule has 0 spiro atoms. The Bertz CT molecular complexity index is 6540. The summed E-state index contributed by atoms with van der Waals surface area (Å²) in [5.41, 5.74) is 35.6. The molecule has 16 aromatic rings. The van der Waals surface area contributed by atoms with Gasteiger partial charge in [-0.3, -0.25) is 13.8 Å². The van der Waals surface area contributed by atoms with Gasteiger partial charge in [-0.2, -0.15) is 4.57 Å². The number of fused-ring (bicyclic) bond motifs is 30. The SMILES string of the molecule is C1=C(c2c3cccc2CCCCCCc2cccc(c2)CCCCCCc2cccc(c2-c2cnc4c5ccccc5c5ccccc5n24)CCCCCCCc2cccc(c2)CCCCCCCc2cccc(c2-c2cnc4c5ccccc5c5ccccc5n24)CCCCCCCc2cccc(c2)CCCCCCC3)C2C(=N1)c1ccccc1-c1cccc[n+]12. The molecule has 642 valence electrons. The summed E-state index contributed by atoms with van der Waals surface area (Å²) in [6.45, 7) is 0. The van der Waals surface area contributed by atoms with Crippen molar-refractivity contribution < 1.29 is 4.57 Å². The number of allylic oxidation sites excluding steroid dienone is 1. The highest BCUT2D eigenvalue weighted by atomic mass is 15.1. The van der Waals surface area contributed by atoms with Gasteiger partial charge in [0.2, 0.25) is 11.7 Å². The fourth-order valence-corrected chi connectivity index (χ4v) is 22.3. The van der Waals surface area contributed by atoms with E-state index in [9.17, 15) is 0 Å². The zero-order valence-corrected chi connectivity index (χ0v) is 75.3. The monoisotopic (exact) mass is 1670 g/mol. The lowest BCUT2D eigenvalue weighted by Crippen LogP contribution is -2.48. The number of imidazole rings is 2. The molecule has 11 aromatic carbocycles. The molecule has 1 atom stereocenters. The summed E-state index contributed by atoms with van der Waals surface area (Å²) in [7, 11) is 0. The average molecular weight is 1670 g/mol. The molecule has 0 radical (unpaired) electrons. The molecular weight excluding hydrogens is 1540 g/mol. The molecule has 3 aliphatic rings. The highest BCUT2D eigenvalue weighted by Crippen LogP contribution is 2.45. The van der Waals surface area contributed by atoms with Crippen molar-refractivity contribution in [3.05, 3.63) is 370 Å². The second-order valence-corrected chi connectivity index (χ2v) is 37.5.